The first kappa shape index (κ1) is 22.0. The summed E-state index contributed by atoms with van der Waals surface area (Å²) in [6.45, 7) is 5.15. The van der Waals surface area contributed by atoms with Crippen LogP contribution in [0.1, 0.15) is 18.5 Å². The highest BCUT2D eigenvalue weighted by molar-refractivity contribution is 7.99. The number of nitro groups is 1. The van der Waals surface area contributed by atoms with Crippen LogP contribution in [0.5, 0.6) is 0 Å². The highest BCUT2D eigenvalue weighted by Gasteiger charge is 2.38. The first-order valence-corrected chi connectivity index (χ1v) is 10.0. The van der Waals surface area contributed by atoms with Crippen LogP contribution in [0.15, 0.2) is 53.3 Å². The third-order valence-corrected chi connectivity index (χ3v) is 5.17. The number of para-hydroxylation sites is 1. The maximum absolute atomic E-state index is 12.8. The number of nitrogens with one attached hydrogen (secondary N) is 1. The van der Waals surface area contributed by atoms with Gasteiger partial charge in [-0.3, -0.25) is 14.9 Å². The molecule has 0 bridgehead atoms. The van der Waals surface area contributed by atoms with Crippen molar-refractivity contribution in [2.75, 3.05) is 24.8 Å². The summed E-state index contributed by atoms with van der Waals surface area (Å²) < 4.78 is 11.2. The Morgan fingerprint density at radius 2 is 2.16 bits per heavy atom. The number of nitro benzene ring substituents is 1. The number of fused-ring (bicyclic) bond motifs is 1. The zero-order valence-electron chi connectivity index (χ0n) is 16.7. The zero-order chi connectivity index (χ0) is 22.5. The lowest BCUT2D eigenvalue weighted by Gasteiger charge is -2.27. The van der Waals surface area contributed by atoms with Gasteiger partial charge in [-0.25, -0.2) is 9.48 Å². The van der Waals surface area contributed by atoms with E-state index < -0.39 is 22.9 Å². The molecule has 1 aliphatic heterocycles. The van der Waals surface area contributed by atoms with E-state index >= 15 is 0 Å². The molecular formula is C19H19N5O6S. The van der Waals surface area contributed by atoms with Gasteiger partial charge in [-0.2, -0.15) is 4.98 Å². The lowest BCUT2D eigenvalue weighted by molar-refractivity contribution is -0.385. The van der Waals surface area contributed by atoms with Gasteiger partial charge in [-0.15, -0.1) is 5.10 Å². The van der Waals surface area contributed by atoms with Crippen molar-refractivity contribution in [3.8, 4) is 0 Å². The molecule has 1 N–H and O–H groups in total. The second-order valence-corrected chi connectivity index (χ2v) is 7.24. The molecule has 0 amide bonds. The third kappa shape index (κ3) is 4.58. The molecule has 2 aromatic rings. The molecule has 11 nitrogen and oxygen atoms in total. The number of thioether (sulfide) groups is 1. The van der Waals surface area contributed by atoms with Gasteiger partial charge in [0.25, 0.3) is 5.69 Å². The van der Waals surface area contributed by atoms with Crippen molar-refractivity contribution < 1.29 is 24.0 Å². The molecule has 0 saturated carbocycles. The van der Waals surface area contributed by atoms with Crippen LogP contribution >= 0.6 is 11.8 Å². The fourth-order valence-electron chi connectivity index (χ4n) is 3.02. The Bertz CT molecular complexity index is 1080. The number of anilines is 1. The van der Waals surface area contributed by atoms with Crippen molar-refractivity contribution in [1.82, 2.24) is 14.8 Å². The Kier molecular flexibility index (Phi) is 6.70. The van der Waals surface area contributed by atoms with Gasteiger partial charge < -0.3 is 14.8 Å². The van der Waals surface area contributed by atoms with Crippen LogP contribution in [0.2, 0.25) is 0 Å². The first-order valence-electron chi connectivity index (χ1n) is 9.02. The fraction of sp³-hybridized carbons (Fsp3) is 0.263. The van der Waals surface area contributed by atoms with Crippen molar-refractivity contribution in [2.45, 2.75) is 18.1 Å². The van der Waals surface area contributed by atoms with Gasteiger partial charge in [0.15, 0.2) is 0 Å². The Labute approximate surface area is 181 Å². The van der Waals surface area contributed by atoms with Crippen LogP contribution in [-0.2, 0) is 19.1 Å². The largest absolute Gasteiger partial charge is 0.468 e. The first-order chi connectivity index (χ1) is 14.9. The minimum absolute atomic E-state index is 0.0171. The molecule has 1 atom stereocenters. The Balaban J connectivity index is 2.11. The number of allylic oxidation sites excluding steroid dienone is 1. The van der Waals surface area contributed by atoms with Gasteiger partial charge in [0, 0.05) is 11.8 Å². The predicted octanol–water partition coefficient (Wildman–Crippen LogP) is 2.47. The van der Waals surface area contributed by atoms with E-state index in [0.29, 0.717) is 5.70 Å². The minimum atomic E-state index is -0.963. The summed E-state index contributed by atoms with van der Waals surface area (Å²) in [7, 11) is 1.27. The summed E-state index contributed by atoms with van der Waals surface area (Å²) in [6, 6.07) is 5.11. The quantitative estimate of drug-likeness (QED) is 0.212. The van der Waals surface area contributed by atoms with Crippen LogP contribution < -0.4 is 5.32 Å². The number of rotatable bonds is 8. The van der Waals surface area contributed by atoms with Gasteiger partial charge in [0.2, 0.25) is 11.1 Å². The van der Waals surface area contributed by atoms with Gasteiger partial charge in [0.1, 0.15) is 12.6 Å². The van der Waals surface area contributed by atoms with E-state index in [1.165, 1.54) is 30.0 Å². The van der Waals surface area contributed by atoms with E-state index in [1.807, 2.05) is 0 Å². The molecule has 31 heavy (non-hydrogen) atoms. The maximum Gasteiger partial charge on any atom is 0.338 e. The second-order valence-electron chi connectivity index (χ2n) is 6.30. The summed E-state index contributed by atoms with van der Waals surface area (Å²) in [5.74, 6) is -0.869. The van der Waals surface area contributed by atoms with E-state index in [2.05, 4.69) is 26.7 Å². The molecule has 1 aromatic heterocycles. The molecule has 2 heterocycles. The summed E-state index contributed by atoms with van der Waals surface area (Å²) in [6.07, 6.45) is 1.42. The number of carbonyl (C=O) groups is 2. The number of ether oxygens (including phenoxy) is 2. The standard InChI is InChI=1S/C19H19N5O6S/c1-4-9-30-17(26)15-11(2)20-18-21-19(31-10-14(25)29-3)22-23(18)16(15)12-7-5-6-8-13(12)24(27)28/h4-8,16H,1,9-10H2,2-3H3,(H,20,21,22). The van der Waals surface area contributed by atoms with Crippen LogP contribution in [0.3, 0.4) is 0 Å². The van der Waals surface area contributed by atoms with E-state index in [-0.39, 0.29) is 40.3 Å². The molecule has 1 unspecified atom stereocenters. The average molecular weight is 445 g/mol. The van der Waals surface area contributed by atoms with E-state index in [4.69, 9.17) is 4.74 Å². The van der Waals surface area contributed by atoms with Crippen molar-refractivity contribution in [2.24, 2.45) is 0 Å². The molecular weight excluding hydrogens is 426 g/mol. The van der Waals surface area contributed by atoms with E-state index in [9.17, 15) is 19.7 Å². The number of hydrogen-bond acceptors (Lipinski definition) is 10. The summed E-state index contributed by atoms with van der Waals surface area (Å²) >= 11 is 1.04. The lowest BCUT2D eigenvalue weighted by Crippen LogP contribution is -2.30. The number of hydrogen-bond donors (Lipinski definition) is 1. The van der Waals surface area contributed by atoms with Gasteiger partial charge in [0.05, 0.1) is 28.9 Å². The molecule has 1 aromatic carbocycles. The minimum Gasteiger partial charge on any atom is -0.468 e. The smallest absolute Gasteiger partial charge is 0.338 e. The average Bonchev–Trinajstić information content (AvgIpc) is 3.17. The number of nitrogens with zero attached hydrogens (tertiary/aromatic N) is 4. The molecule has 3 rings (SSSR count). The summed E-state index contributed by atoms with van der Waals surface area (Å²) in [5, 5.41) is 19.3. The number of esters is 2. The summed E-state index contributed by atoms with van der Waals surface area (Å²) in [4.78, 5) is 39.8. The highest BCUT2D eigenvalue weighted by Crippen LogP contribution is 2.39. The number of aromatic nitrogens is 3. The molecule has 162 valence electrons. The molecule has 0 radical (unpaired) electrons. The lowest BCUT2D eigenvalue weighted by atomic mass is 9.94. The Morgan fingerprint density at radius 1 is 1.42 bits per heavy atom. The van der Waals surface area contributed by atoms with Gasteiger partial charge in [-0.05, 0) is 13.0 Å². The molecule has 0 fully saturated rings. The van der Waals surface area contributed by atoms with Gasteiger partial charge >= 0.3 is 11.9 Å². The molecule has 0 aliphatic carbocycles. The van der Waals surface area contributed by atoms with Gasteiger partial charge in [-0.1, -0.05) is 36.5 Å². The number of benzene rings is 1. The predicted molar refractivity (Wildman–Crippen MR) is 111 cm³/mol. The fourth-order valence-corrected chi connectivity index (χ4v) is 3.69. The van der Waals surface area contributed by atoms with E-state index in [1.54, 1.807) is 19.1 Å². The number of carbonyl (C=O) groups excluding carboxylic acids is 2. The topological polar surface area (TPSA) is 138 Å². The van der Waals surface area contributed by atoms with Crippen LogP contribution in [-0.4, -0.2) is 51.1 Å². The SMILES string of the molecule is C=CCOC(=O)C1=C(C)Nc2nc(SCC(=O)OC)nn2C1c1ccccc1[N+](=O)[O-]. The Morgan fingerprint density at radius 3 is 2.84 bits per heavy atom. The van der Waals surface area contributed by atoms with Crippen molar-refractivity contribution in [3.05, 3.63) is 63.9 Å². The Hall–Kier alpha value is -3.67. The number of methoxy groups -OCH3 is 1. The highest BCUT2D eigenvalue weighted by atomic mass is 32.2. The van der Waals surface area contributed by atoms with Crippen molar-refractivity contribution in [1.29, 1.82) is 0 Å². The second kappa shape index (κ2) is 9.43. The van der Waals surface area contributed by atoms with E-state index in [0.717, 1.165) is 11.8 Å². The monoisotopic (exact) mass is 445 g/mol. The van der Waals surface area contributed by atoms with Crippen LogP contribution in [0, 0.1) is 10.1 Å². The normalized spacial score (nSPS) is 15.0. The molecule has 0 spiro atoms. The summed E-state index contributed by atoms with van der Waals surface area (Å²) in [5.41, 5.74) is 0.635. The molecule has 12 heteroatoms. The maximum atomic E-state index is 12.8. The third-order valence-electron chi connectivity index (χ3n) is 4.36. The molecule has 1 aliphatic rings. The van der Waals surface area contributed by atoms with Crippen LogP contribution in [0.25, 0.3) is 0 Å². The van der Waals surface area contributed by atoms with Crippen molar-refractivity contribution >= 4 is 35.3 Å². The molecule has 0 saturated heterocycles. The van der Waals surface area contributed by atoms with Crippen LogP contribution in [0.4, 0.5) is 11.6 Å². The van der Waals surface area contributed by atoms with Crippen molar-refractivity contribution in [3.63, 3.8) is 0 Å². The zero-order valence-corrected chi connectivity index (χ0v) is 17.5.